The minimum absolute atomic E-state index is 0.645. The molecule has 1 aromatic rings. The zero-order valence-electron chi connectivity index (χ0n) is 10.9. The number of anilines is 1. The second-order valence-electron chi connectivity index (χ2n) is 4.91. The molecule has 0 radical (unpaired) electrons. The lowest BCUT2D eigenvalue weighted by Gasteiger charge is -2.14. The fourth-order valence-electron chi connectivity index (χ4n) is 2.03. The van der Waals surface area contributed by atoms with Crippen LogP contribution in [-0.2, 0) is 6.54 Å². The maximum Gasteiger partial charge on any atom is 0.185 e. The Balaban J connectivity index is 1.99. The molecular formula is C13H23N3S. The molecule has 1 heterocycles. The summed E-state index contributed by atoms with van der Waals surface area (Å²) in [6, 6.07) is 0. The Morgan fingerprint density at radius 3 is 2.76 bits per heavy atom. The summed E-state index contributed by atoms with van der Waals surface area (Å²) in [6.45, 7) is 3.99. The van der Waals surface area contributed by atoms with Crippen molar-refractivity contribution in [1.29, 1.82) is 0 Å². The zero-order chi connectivity index (χ0) is 12.3. The van der Waals surface area contributed by atoms with Crippen LogP contribution in [0.3, 0.4) is 0 Å². The SMILES string of the molecule is CCCCCN(C)c1nc(C2CC2)c(CN)s1. The molecule has 4 heteroatoms. The van der Waals surface area contributed by atoms with E-state index >= 15 is 0 Å². The van der Waals surface area contributed by atoms with E-state index in [4.69, 9.17) is 10.7 Å². The van der Waals surface area contributed by atoms with Gasteiger partial charge in [-0.05, 0) is 19.3 Å². The van der Waals surface area contributed by atoms with E-state index in [2.05, 4.69) is 18.9 Å². The standard InChI is InChI=1S/C13H23N3S/c1-3-4-5-8-16(2)13-15-12(10-6-7-10)11(9-14)17-13/h10H,3-9,14H2,1-2H3. The average Bonchev–Trinajstić information content (AvgIpc) is 3.08. The second kappa shape index (κ2) is 5.83. The summed E-state index contributed by atoms with van der Waals surface area (Å²) in [5.74, 6) is 0.711. The van der Waals surface area contributed by atoms with Crippen LogP contribution in [0.25, 0.3) is 0 Å². The third-order valence-electron chi connectivity index (χ3n) is 3.29. The molecule has 2 rings (SSSR count). The maximum atomic E-state index is 5.80. The quantitative estimate of drug-likeness (QED) is 0.759. The van der Waals surface area contributed by atoms with Crippen molar-refractivity contribution in [2.24, 2.45) is 5.73 Å². The summed E-state index contributed by atoms with van der Waals surface area (Å²) >= 11 is 1.78. The van der Waals surface area contributed by atoms with Crippen molar-refractivity contribution in [2.75, 3.05) is 18.5 Å². The minimum atomic E-state index is 0.645. The van der Waals surface area contributed by atoms with Gasteiger partial charge in [0.1, 0.15) is 0 Å². The highest BCUT2D eigenvalue weighted by Crippen LogP contribution is 2.43. The molecule has 0 unspecified atom stereocenters. The van der Waals surface area contributed by atoms with Crippen LogP contribution in [0, 0.1) is 0 Å². The van der Waals surface area contributed by atoms with Gasteiger partial charge in [0.25, 0.3) is 0 Å². The highest BCUT2D eigenvalue weighted by Gasteiger charge is 2.29. The third-order valence-corrected chi connectivity index (χ3v) is 4.50. The van der Waals surface area contributed by atoms with Crippen molar-refractivity contribution in [3.63, 3.8) is 0 Å². The molecule has 96 valence electrons. The van der Waals surface area contributed by atoms with E-state index in [0.717, 1.165) is 11.7 Å². The van der Waals surface area contributed by atoms with Crippen molar-refractivity contribution in [2.45, 2.75) is 51.5 Å². The Hall–Kier alpha value is -0.610. The van der Waals surface area contributed by atoms with Gasteiger partial charge in [-0.1, -0.05) is 19.8 Å². The molecule has 1 aliphatic carbocycles. The predicted molar refractivity (Wildman–Crippen MR) is 74.8 cm³/mol. The Bertz CT molecular complexity index is 358. The fraction of sp³-hybridized carbons (Fsp3) is 0.769. The summed E-state index contributed by atoms with van der Waals surface area (Å²) in [4.78, 5) is 8.37. The van der Waals surface area contributed by atoms with Gasteiger partial charge >= 0.3 is 0 Å². The fourth-order valence-corrected chi connectivity index (χ4v) is 3.04. The molecule has 1 saturated carbocycles. The van der Waals surface area contributed by atoms with E-state index in [1.165, 1.54) is 42.7 Å². The molecule has 0 amide bonds. The molecule has 0 bridgehead atoms. The summed E-state index contributed by atoms with van der Waals surface area (Å²) < 4.78 is 0. The van der Waals surface area contributed by atoms with E-state index in [9.17, 15) is 0 Å². The number of rotatable bonds is 7. The van der Waals surface area contributed by atoms with Gasteiger partial charge in [-0.25, -0.2) is 4.98 Å². The Morgan fingerprint density at radius 2 is 2.18 bits per heavy atom. The second-order valence-corrected chi connectivity index (χ2v) is 5.97. The first-order valence-electron chi connectivity index (χ1n) is 6.67. The van der Waals surface area contributed by atoms with E-state index in [0.29, 0.717) is 12.5 Å². The largest absolute Gasteiger partial charge is 0.351 e. The zero-order valence-corrected chi connectivity index (χ0v) is 11.7. The average molecular weight is 253 g/mol. The molecule has 0 spiro atoms. The Labute approximate surface area is 108 Å². The van der Waals surface area contributed by atoms with Crippen LogP contribution in [0.2, 0.25) is 0 Å². The third kappa shape index (κ3) is 3.19. The number of thiazole rings is 1. The van der Waals surface area contributed by atoms with Crippen LogP contribution in [0.5, 0.6) is 0 Å². The summed E-state index contributed by atoms with van der Waals surface area (Å²) in [7, 11) is 2.14. The van der Waals surface area contributed by atoms with E-state index < -0.39 is 0 Å². The molecule has 1 aliphatic rings. The topological polar surface area (TPSA) is 42.2 Å². The van der Waals surface area contributed by atoms with Crippen LogP contribution >= 0.6 is 11.3 Å². The highest BCUT2D eigenvalue weighted by atomic mass is 32.1. The predicted octanol–water partition coefficient (Wildman–Crippen LogP) is 3.11. The first kappa shape index (κ1) is 12.8. The van der Waals surface area contributed by atoms with Crippen molar-refractivity contribution in [3.05, 3.63) is 10.6 Å². The molecule has 0 saturated heterocycles. The lowest BCUT2D eigenvalue weighted by Crippen LogP contribution is -2.18. The van der Waals surface area contributed by atoms with Crippen molar-refractivity contribution < 1.29 is 0 Å². The van der Waals surface area contributed by atoms with Gasteiger partial charge < -0.3 is 10.6 Å². The molecule has 0 atom stereocenters. The molecule has 17 heavy (non-hydrogen) atoms. The lowest BCUT2D eigenvalue weighted by molar-refractivity contribution is 0.703. The number of aromatic nitrogens is 1. The summed E-state index contributed by atoms with van der Waals surface area (Å²) in [5, 5.41) is 1.16. The molecular weight excluding hydrogens is 230 g/mol. The van der Waals surface area contributed by atoms with Gasteiger partial charge in [0, 0.05) is 30.9 Å². The van der Waals surface area contributed by atoms with Gasteiger partial charge in [0.15, 0.2) is 5.13 Å². The molecule has 2 N–H and O–H groups in total. The molecule has 0 aromatic carbocycles. The van der Waals surface area contributed by atoms with Crippen LogP contribution in [0.15, 0.2) is 0 Å². The first-order valence-corrected chi connectivity index (χ1v) is 7.48. The number of nitrogens with zero attached hydrogens (tertiary/aromatic N) is 2. The van der Waals surface area contributed by atoms with E-state index in [1.54, 1.807) is 11.3 Å². The monoisotopic (exact) mass is 253 g/mol. The number of hydrogen-bond donors (Lipinski definition) is 1. The molecule has 1 fully saturated rings. The molecule has 0 aliphatic heterocycles. The van der Waals surface area contributed by atoms with Crippen LogP contribution < -0.4 is 10.6 Å². The van der Waals surface area contributed by atoms with Gasteiger partial charge in [-0.2, -0.15) is 0 Å². The lowest BCUT2D eigenvalue weighted by atomic mass is 10.2. The first-order chi connectivity index (χ1) is 8.26. The van der Waals surface area contributed by atoms with Crippen LogP contribution in [0.4, 0.5) is 5.13 Å². The minimum Gasteiger partial charge on any atom is -0.351 e. The van der Waals surface area contributed by atoms with Crippen molar-refractivity contribution in [3.8, 4) is 0 Å². The summed E-state index contributed by atoms with van der Waals surface area (Å²) in [6.07, 6.45) is 6.43. The Kier molecular flexibility index (Phi) is 4.40. The van der Waals surface area contributed by atoms with Crippen LogP contribution in [-0.4, -0.2) is 18.6 Å². The van der Waals surface area contributed by atoms with E-state index in [-0.39, 0.29) is 0 Å². The summed E-state index contributed by atoms with van der Waals surface area (Å²) in [5.41, 5.74) is 7.09. The van der Waals surface area contributed by atoms with E-state index in [1.807, 2.05) is 0 Å². The maximum absolute atomic E-state index is 5.80. The Morgan fingerprint density at radius 1 is 1.41 bits per heavy atom. The molecule has 1 aromatic heterocycles. The van der Waals surface area contributed by atoms with Crippen molar-refractivity contribution in [1.82, 2.24) is 4.98 Å². The van der Waals surface area contributed by atoms with Crippen molar-refractivity contribution >= 4 is 16.5 Å². The van der Waals surface area contributed by atoms with Gasteiger partial charge in [-0.3, -0.25) is 0 Å². The number of hydrogen-bond acceptors (Lipinski definition) is 4. The smallest absolute Gasteiger partial charge is 0.185 e. The normalized spacial score (nSPS) is 15.2. The van der Waals surface area contributed by atoms with Gasteiger partial charge in [0.05, 0.1) is 5.69 Å². The number of unbranched alkanes of at least 4 members (excludes halogenated alkanes) is 2. The number of nitrogens with two attached hydrogens (primary N) is 1. The van der Waals surface area contributed by atoms with Gasteiger partial charge in [0.2, 0.25) is 0 Å². The van der Waals surface area contributed by atoms with Gasteiger partial charge in [-0.15, -0.1) is 11.3 Å². The molecule has 3 nitrogen and oxygen atoms in total. The van der Waals surface area contributed by atoms with Crippen LogP contribution in [0.1, 0.15) is 55.5 Å². The highest BCUT2D eigenvalue weighted by molar-refractivity contribution is 7.15.